The molecule has 0 radical (unpaired) electrons. The first kappa shape index (κ1) is 18.9. The Hall–Kier alpha value is -2.88. The molecular formula is C17H22N4O6. The Morgan fingerprint density at radius 2 is 1.70 bits per heavy atom. The second-order valence-electron chi connectivity index (χ2n) is 6.31. The van der Waals surface area contributed by atoms with Crippen LogP contribution in [0.3, 0.4) is 0 Å². The fraction of sp³-hybridized carbons (Fsp3) is 0.529. The van der Waals surface area contributed by atoms with Crippen LogP contribution in [0.5, 0.6) is 0 Å². The van der Waals surface area contributed by atoms with E-state index in [4.69, 9.17) is 4.74 Å². The molecule has 0 aromatic heterocycles. The van der Waals surface area contributed by atoms with E-state index < -0.39 is 10.9 Å². The highest BCUT2D eigenvalue weighted by atomic mass is 16.6. The van der Waals surface area contributed by atoms with Crippen LogP contribution in [0.4, 0.5) is 16.2 Å². The van der Waals surface area contributed by atoms with Crippen molar-refractivity contribution < 1.29 is 24.0 Å². The van der Waals surface area contributed by atoms with Gasteiger partial charge in [-0.15, -0.1) is 0 Å². The van der Waals surface area contributed by atoms with Gasteiger partial charge in [0.05, 0.1) is 30.8 Å². The Bertz CT molecular complexity index is 726. The van der Waals surface area contributed by atoms with Gasteiger partial charge in [0.25, 0.3) is 5.69 Å². The fourth-order valence-corrected chi connectivity index (χ4v) is 3.28. The van der Waals surface area contributed by atoms with Gasteiger partial charge in [-0.05, 0) is 12.1 Å². The van der Waals surface area contributed by atoms with E-state index in [1.165, 1.54) is 19.2 Å². The van der Waals surface area contributed by atoms with E-state index in [1.807, 2.05) is 4.90 Å². The monoisotopic (exact) mass is 378 g/mol. The number of carbonyl (C=O) groups excluding carboxylic acids is 2. The molecule has 0 saturated carbocycles. The van der Waals surface area contributed by atoms with Crippen molar-refractivity contribution >= 4 is 23.4 Å². The van der Waals surface area contributed by atoms with Crippen LogP contribution < -0.4 is 4.90 Å². The maximum absolute atomic E-state index is 12.5. The molecule has 2 fully saturated rings. The van der Waals surface area contributed by atoms with E-state index in [9.17, 15) is 19.7 Å². The molecule has 2 aliphatic rings. The Kier molecular flexibility index (Phi) is 5.75. The zero-order valence-electron chi connectivity index (χ0n) is 15.1. The number of carbonyl (C=O) groups is 2. The molecular weight excluding hydrogens is 356 g/mol. The van der Waals surface area contributed by atoms with E-state index in [0.717, 1.165) is 0 Å². The number of hydrogen-bond acceptors (Lipinski definition) is 7. The second-order valence-corrected chi connectivity index (χ2v) is 6.31. The zero-order chi connectivity index (χ0) is 19.4. The molecule has 10 nitrogen and oxygen atoms in total. The van der Waals surface area contributed by atoms with Crippen LogP contribution >= 0.6 is 0 Å². The van der Waals surface area contributed by atoms with Gasteiger partial charge in [0.15, 0.2) is 0 Å². The standard InChI is InChI=1S/C17H22N4O6/c1-26-16(22)13-2-3-14(15(12-13)21(24)25)18-4-6-19(7-5-18)17(23)20-8-10-27-11-9-20/h2-3,12H,4-11H2,1H3. The van der Waals surface area contributed by atoms with Gasteiger partial charge < -0.3 is 24.2 Å². The molecule has 0 atom stereocenters. The third-order valence-electron chi connectivity index (χ3n) is 4.77. The third-order valence-corrected chi connectivity index (χ3v) is 4.77. The van der Waals surface area contributed by atoms with E-state index in [2.05, 4.69) is 4.74 Å². The number of urea groups is 1. The highest BCUT2D eigenvalue weighted by Gasteiger charge is 2.29. The van der Waals surface area contributed by atoms with Gasteiger partial charge in [0.2, 0.25) is 0 Å². The van der Waals surface area contributed by atoms with Crippen LogP contribution in [-0.4, -0.2) is 86.3 Å². The van der Waals surface area contributed by atoms with Crippen LogP contribution in [0.1, 0.15) is 10.4 Å². The highest BCUT2D eigenvalue weighted by molar-refractivity contribution is 5.91. The van der Waals surface area contributed by atoms with Crippen molar-refractivity contribution in [1.29, 1.82) is 0 Å². The molecule has 2 aliphatic heterocycles. The number of rotatable bonds is 3. The number of amides is 2. The first-order chi connectivity index (χ1) is 13.0. The minimum absolute atomic E-state index is 0.0199. The molecule has 146 valence electrons. The summed E-state index contributed by atoms with van der Waals surface area (Å²) in [5.41, 5.74) is 0.422. The van der Waals surface area contributed by atoms with Gasteiger partial charge >= 0.3 is 12.0 Å². The first-order valence-electron chi connectivity index (χ1n) is 8.74. The van der Waals surface area contributed by atoms with E-state index >= 15 is 0 Å². The largest absolute Gasteiger partial charge is 0.465 e. The Labute approximate surface area is 156 Å². The molecule has 1 aromatic rings. The van der Waals surface area contributed by atoms with E-state index in [1.54, 1.807) is 15.9 Å². The van der Waals surface area contributed by atoms with Gasteiger partial charge in [-0.1, -0.05) is 0 Å². The summed E-state index contributed by atoms with van der Waals surface area (Å²) >= 11 is 0. The maximum Gasteiger partial charge on any atom is 0.338 e. The molecule has 0 spiro atoms. The quantitative estimate of drug-likeness (QED) is 0.438. The van der Waals surface area contributed by atoms with Crippen molar-refractivity contribution in [3.8, 4) is 0 Å². The predicted molar refractivity (Wildman–Crippen MR) is 96.0 cm³/mol. The number of benzene rings is 1. The van der Waals surface area contributed by atoms with Crippen LogP contribution in [0.15, 0.2) is 18.2 Å². The molecule has 3 rings (SSSR count). The summed E-state index contributed by atoms with van der Waals surface area (Å²) in [5.74, 6) is -0.620. The SMILES string of the molecule is COC(=O)c1ccc(N2CCN(C(=O)N3CCOCC3)CC2)c([N+](=O)[O-])c1. The van der Waals surface area contributed by atoms with Crippen LogP contribution in [0, 0.1) is 10.1 Å². The summed E-state index contributed by atoms with van der Waals surface area (Å²) in [6.07, 6.45) is 0. The fourth-order valence-electron chi connectivity index (χ4n) is 3.28. The molecule has 10 heteroatoms. The molecule has 0 N–H and O–H groups in total. The number of methoxy groups -OCH3 is 1. The number of piperazine rings is 1. The van der Waals surface area contributed by atoms with Crippen molar-refractivity contribution in [2.24, 2.45) is 0 Å². The molecule has 2 saturated heterocycles. The minimum atomic E-state index is -0.620. The van der Waals surface area contributed by atoms with Gasteiger partial charge in [-0.2, -0.15) is 0 Å². The lowest BCUT2D eigenvalue weighted by molar-refractivity contribution is -0.384. The molecule has 0 bridgehead atoms. The van der Waals surface area contributed by atoms with Crippen LogP contribution in [-0.2, 0) is 9.47 Å². The Morgan fingerprint density at radius 3 is 2.30 bits per heavy atom. The first-order valence-corrected chi connectivity index (χ1v) is 8.74. The molecule has 1 aromatic carbocycles. The van der Waals surface area contributed by atoms with Crippen molar-refractivity contribution in [2.45, 2.75) is 0 Å². The van der Waals surface area contributed by atoms with Gasteiger partial charge in [-0.3, -0.25) is 10.1 Å². The van der Waals surface area contributed by atoms with Crippen LogP contribution in [0.25, 0.3) is 0 Å². The third kappa shape index (κ3) is 4.11. The van der Waals surface area contributed by atoms with Crippen molar-refractivity contribution in [3.05, 3.63) is 33.9 Å². The highest BCUT2D eigenvalue weighted by Crippen LogP contribution is 2.30. The number of nitro benzene ring substituents is 1. The summed E-state index contributed by atoms with van der Waals surface area (Å²) in [4.78, 5) is 40.5. The number of anilines is 1. The lowest BCUT2D eigenvalue weighted by atomic mass is 10.1. The topological polar surface area (TPSA) is 105 Å². The summed E-state index contributed by atoms with van der Waals surface area (Å²) in [7, 11) is 1.23. The maximum atomic E-state index is 12.5. The summed E-state index contributed by atoms with van der Waals surface area (Å²) in [6.45, 7) is 4.18. The average molecular weight is 378 g/mol. The Balaban J connectivity index is 1.69. The van der Waals surface area contributed by atoms with Crippen molar-refractivity contribution in [2.75, 3.05) is 64.5 Å². The summed E-state index contributed by atoms with van der Waals surface area (Å²) in [6, 6.07) is 4.28. The molecule has 2 amide bonds. The number of ether oxygens (including phenoxy) is 2. The van der Waals surface area contributed by atoms with Crippen molar-refractivity contribution in [3.63, 3.8) is 0 Å². The number of morpholine rings is 1. The summed E-state index contributed by atoms with van der Waals surface area (Å²) in [5, 5.41) is 11.5. The lowest BCUT2D eigenvalue weighted by Crippen LogP contribution is -2.54. The lowest BCUT2D eigenvalue weighted by Gasteiger charge is -2.39. The normalized spacial score (nSPS) is 17.6. The molecule has 0 unspecified atom stereocenters. The molecule has 0 aliphatic carbocycles. The molecule has 27 heavy (non-hydrogen) atoms. The van der Waals surface area contributed by atoms with Crippen LogP contribution in [0.2, 0.25) is 0 Å². The zero-order valence-corrected chi connectivity index (χ0v) is 15.1. The predicted octanol–water partition coefficient (Wildman–Crippen LogP) is 0.956. The number of hydrogen-bond donors (Lipinski definition) is 0. The number of nitrogens with zero attached hydrogens (tertiary/aromatic N) is 4. The van der Waals surface area contributed by atoms with Gasteiger partial charge in [0, 0.05) is 45.3 Å². The van der Waals surface area contributed by atoms with E-state index in [0.29, 0.717) is 58.2 Å². The van der Waals surface area contributed by atoms with Gasteiger partial charge in [0.1, 0.15) is 5.69 Å². The minimum Gasteiger partial charge on any atom is -0.465 e. The average Bonchev–Trinajstić information content (AvgIpc) is 2.73. The number of nitro groups is 1. The smallest absolute Gasteiger partial charge is 0.338 e. The number of esters is 1. The Morgan fingerprint density at radius 1 is 1.07 bits per heavy atom. The second kappa shape index (κ2) is 8.21. The summed E-state index contributed by atoms with van der Waals surface area (Å²) < 4.78 is 9.89. The van der Waals surface area contributed by atoms with E-state index in [-0.39, 0.29) is 17.3 Å². The molecule has 2 heterocycles. The van der Waals surface area contributed by atoms with Crippen molar-refractivity contribution in [1.82, 2.24) is 9.80 Å². The van der Waals surface area contributed by atoms with Gasteiger partial charge in [-0.25, -0.2) is 9.59 Å².